The van der Waals surface area contributed by atoms with Crippen LogP contribution in [0.15, 0.2) is 41.3 Å². The highest BCUT2D eigenvalue weighted by Crippen LogP contribution is 2.18. The molecule has 1 aliphatic rings. The van der Waals surface area contributed by atoms with Crippen molar-refractivity contribution in [3.05, 3.63) is 42.0 Å². The number of nitrogens with zero attached hydrogens (tertiary/aromatic N) is 2. The van der Waals surface area contributed by atoms with Crippen LogP contribution in [0.2, 0.25) is 0 Å². The maximum atomic E-state index is 12.4. The zero-order valence-corrected chi connectivity index (χ0v) is 14.2. The SMILES string of the molecule is Cc1ccccc1S(=O)(=O)Nc1ccc(NCC2CCCO2)nn1. The highest BCUT2D eigenvalue weighted by Gasteiger charge is 2.18. The van der Waals surface area contributed by atoms with E-state index in [0.717, 1.165) is 19.4 Å². The second-order valence-corrected chi connectivity index (χ2v) is 7.34. The second-order valence-electron chi connectivity index (χ2n) is 5.69. The molecule has 1 aliphatic heterocycles. The van der Waals surface area contributed by atoms with Gasteiger partial charge in [-0.25, -0.2) is 8.42 Å². The molecule has 0 bridgehead atoms. The predicted molar refractivity (Wildman–Crippen MR) is 91.5 cm³/mol. The topological polar surface area (TPSA) is 93.2 Å². The Morgan fingerprint density at radius 2 is 1.92 bits per heavy atom. The summed E-state index contributed by atoms with van der Waals surface area (Å²) in [7, 11) is -3.68. The molecule has 1 unspecified atom stereocenters. The zero-order valence-electron chi connectivity index (χ0n) is 13.4. The van der Waals surface area contributed by atoms with Crippen LogP contribution < -0.4 is 10.0 Å². The molecular formula is C16H20N4O3S. The molecule has 1 aromatic heterocycles. The van der Waals surface area contributed by atoms with Gasteiger partial charge in [0.25, 0.3) is 10.0 Å². The number of benzene rings is 1. The van der Waals surface area contributed by atoms with Gasteiger partial charge in [0.05, 0.1) is 11.0 Å². The summed E-state index contributed by atoms with van der Waals surface area (Å²) in [6.07, 6.45) is 2.32. The number of ether oxygens (including phenoxy) is 1. The highest BCUT2D eigenvalue weighted by atomic mass is 32.2. The van der Waals surface area contributed by atoms with E-state index in [-0.39, 0.29) is 16.8 Å². The Kier molecular flexibility index (Phi) is 4.96. The smallest absolute Gasteiger partial charge is 0.263 e. The molecule has 24 heavy (non-hydrogen) atoms. The summed E-state index contributed by atoms with van der Waals surface area (Å²) in [5, 5.41) is 11.1. The largest absolute Gasteiger partial charge is 0.376 e. The zero-order chi connectivity index (χ0) is 17.0. The number of hydrogen-bond donors (Lipinski definition) is 2. The predicted octanol–water partition coefficient (Wildman–Crippen LogP) is 2.18. The summed E-state index contributed by atoms with van der Waals surface area (Å²) in [5.41, 5.74) is 0.674. The monoisotopic (exact) mass is 348 g/mol. The third-order valence-corrected chi connectivity index (χ3v) is 5.34. The number of anilines is 2. The molecule has 1 saturated heterocycles. The Morgan fingerprint density at radius 1 is 1.17 bits per heavy atom. The third kappa shape index (κ3) is 4.01. The van der Waals surface area contributed by atoms with Crippen molar-refractivity contribution >= 4 is 21.7 Å². The van der Waals surface area contributed by atoms with Crippen LogP contribution in [0.1, 0.15) is 18.4 Å². The molecule has 0 amide bonds. The lowest BCUT2D eigenvalue weighted by atomic mass is 10.2. The molecule has 1 fully saturated rings. The summed E-state index contributed by atoms with van der Waals surface area (Å²) < 4.78 is 32.8. The summed E-state index contributed by atoms with van der Waals surface area (Å²) in [5.74, 6) is 0.769. The second kappa shape index (κ2) is 7.14. The normalized spacial score (nSPS) is 17.6. The Hall–Kier alpha value is -2.19. The first kappa shape index (κ1) is 16.7. The van der Waals surface area contributed by atoms with Gasteiger partial charge in [-0.3, -0.25) is 4.72 Å². The molecule has 3 rings (SSSR count). The van der Waals surface area contributed by atoms with E-state index >= 15 is 0 Å². The van der Waals surface area contributed by atoms with Crippen molar-refractivity contribution in [2.24, 2.45) is 0 Å². The number of aryl methyl sites for hydroxylation is 1. The molecule has 2 aromatic rings. The first-order valence-corrected chi connectivity index (χ1v) is 9.30. The van der Waals surface area contributed by atoms with E-state index in [0.29, 0.717) is 17.9 Å². The molecular weight excluding hydrogens is 328 g/mol. The fourth-order valence-electron chi connectivity index (χ4n) is 2.56. The average molecular weight is 348 g/mol. The lowest BCUT2D eigenvalue weighted by molar-refractivity contribution is 0.120. The van der Waals surface area contributed by atoms with Crippen molar-refractivity contribution in [1.82, 2.24) is 10.2 Å². The first-order valence-electron chi connectivity index (χ1n) is 7.82. The minimum atomic E-state index is -3.68. The van der Waals surface area contributed by atoms with E-state index in [1.54, 1.807) is 43.3 Å². The molecule has 2 heterocycles. The van der Waals surface area contributed by atoms with Crippen molar-refractivity contribution in [1.29, 1.82) is 0 Å². The number of sulfonamides is 1. The van der Waals surface area contributed by atoms with E-state index in [4.69, 9.17) is 4.74 Å². The van der Waals surface area contributed by atoms with Crippen molar-refractivity contribution in [2.45, 2.75) is 30.8 Å². The minimum Gasteiger partial charge on any atom is -0.376 e. The maximum Gasteiger partial charge on any atom is 0.263 e. The van der Waals surface area contributed by atoms with Gasteiger partial charge in [-0.05, 0) is 43.5 Å². The van der Waals surface area contributed by atoms with Gasteiger partial charge in [-0.15, -0.1) is 10.2 Å². The highest BCUT2D eigenvalue weighted by molar-refractivity contribution is 7.92. The lowest BCUT2D eigenvalue weighted by Gasteiger charge is -2.12. The molecule has 0 aliphatic carbocycles. The number of nitrogens with one attached hydrogen (secondary N) is 2. The Labute approximate surface area is 141 Å². The molecule has 7 nitrogen and oxygen atoms in total. The van der Waals surface area contributed by atoms with Crippen molar-refractivity contribution < 1.29 is 13.2 Å². The minimum absolute atomic E-state index is 0.181. The number of hydrogen-bond acceptors (Lipinski definition) is 6. The third-order valence-electron chi connectivity index (χ3n) is 3.82. The number of rotatable bonds is 6. The molecule has 0 radical (unpaired) electrons. The van der Waals surface area contributed by atoms with E-state index in [9.17, 15) is 8.42 Å². The van der Waals surface area contributed by atoms with Gasteiger partial charge in [-0.1, -0.05) is 18.2 Å². The molecule has 128 valence electrons. The van der Waals surface area contributed by atoms with Crippen LogP contribution in [-0.4, -0.2) is 37.9 Å². The van der Waals surface area contributed by atoms with Gasteiger partial charge in [-0.2, -0.15) is 0 Å². The Balaban J connectivity index is 1.64. The van der Waals surface area contributed by atoms with E-state index in [2.05, 4.69) is 20.2 Å². The fraction of sp³-hybridized carbons (Fsp3) is 0.375. The van der Waals surface area contributed by atoms with Gasteiger partial charge < -0.3 is 10.1 Å². The average Bonchev–Trinajstić information content (AvgIpc) is 3.07. The standard InChI is InChI=1S/C16H20N4O3S/c1-12-5-2-3-7-14(12)24(21,22)20-16-9-8-15(18-19-16)17-11-13-6-4-10-23-13/h2-3,5,7-9,13H,4,6,10-11H2,1H3,(H,17,18)(H,19,20). The summed E-state index contributed by atoms with van der Waals surface area (Å²) in [6.45, 7) is 3.22. The van der Waals surface area contributed by atoms with Gasteiger partial charge in [0.1, 0.15) is 5.82 Å². The molecule has 1 atom stereocenters. The van der Waals surface area contributed by atoms with E-state index in [1.165, 1.54) is 0 Å². The van der Waals surface area contributed by atoms with Gasteiger partial charge in [0.15, 0.2) is 5.82 Å². The van der Waals surface area contributed by atoms with E-state index in [1.807, 2.05) is 0 Å². The van der Waals surface area contributed by atoms with Crippen LogP contribution in [0.4, 0.5) is 11.6 Å². The van der Waals surface area contributed by atoms with Crippen LogP contribution in [0, 0.1) is 6.92 Å². The van der Waals surface area contributed by atoms with Crippen LogP contribution in [0.25, 0.3) is 0 Å². The first-order chi connectivity index (χ1) is 11.5. The van der Waals surface area contributed by atoms with Crippen LogP contribution >= 0.6 is 0 Å². The maximum absolute atomic E-state index is 12.4. The van der Waals surface area contributed by atoms with Gasteiger partial charge >= 0.3 is 0 Å². The lowest BCUT2D eigenvalue weighted by Crippen LogP contribution is -2.19. The van der Waals surface area contributed by atoms with Crippen LogP contribution in [-0.2, 0) is 14.8 Å². The molecule has 2 N–H and O–H groups in total. The van der Waals surface area contributed by atoms with Crippen molar-refractivity contribution in [3.63, 3.8) is 0 Å². The Bertz CT molecular complexity index is 787. The Morgan fingerprint density at radius 3 is 2.58 bits per heavy atom. The van der Waals surface area contributed by atoms with Crippen molar-refractivity contribution in [3.8, 4) is 0 Å². The molecule has 0 saturated carbocycles. The summed E-state index contributed by atoms with van der Waals surface area (Å²) in [6, 6.07) is 10.1. The van der Waals surface area contributed by atoms with Crippen LogP contribution in [0.5, 0.6) is 0 Å². The fourth-order valence-corrected chi connectivity index (χ4v) is 3.80. The summed E-state index contributed by atoms with van der Waals surface area (Å²) >= 11 is 0. The number of aromatic nitrogens is 2. The van der Waals surface area contributed by atoms with E-state index < -0.39 is 10.0 Å². The molecule has 8 heteroatoms. The van der Waals surface area contributed by atoms with Gasteiger partial charge in [0.2, 0.25) is 0 Å². The quantitative estimate of drug-likeness (QED) is 0.831. The molecule has 0 spiro atoms. The van der Waals surface area contributed by atoms with Crippen molar-refractivity contribution in [2.75, 3.05) is 23.2 Å². The summed E-state index contributed by atoms with van der Waals surface area (Å²) in [4.78, 5) is 0.229. The molecule has 1 aromatic carbocycles. The van der Waals surface area contributed by atoms with Crippen LogP contribution in [0.3, 0.4) is 0 Å². The van der Waals surface area contributed by atoms with Gasteiger partial charge in [0, 0.05) is 13.2 Å².